The summed E-state index contributed by atoms with van der Waals surface area (Å²) in [5.41, 5.74) is 1.71. The second-order valence-corrected chi connectivity index (χ2v) is 8.22. The topological polar surface area (TPSA) is 80.9 Å². The normalized spacial score (nSPS) is 10.9. The van der Waals surface area contributed by atoms with E-state index in [-0.39, 0.29) is 18.9 Å². The Kier molecular flexibility index (Phi) is 6.53. The van der Waals surface area contributed by atoms with E-state index in [1.807, 2.05) is 17.5 Å². The van der Waals surface area contributed by atoms with Crippen LogP contribution in [0.4, 0.5) is 0 Å². The molecule has 3 rings (SSSR count). The molecule has 0 aliphatic heterocycles. The lowest BCUT2D eigenvalue weighted by molar-refractivity contribution is -0.120. The van der Waals surface area contributed by atoms with Gasteiger partial charge in [0.2, 0.25) is 17.7 Å². The quantitative estimate of drug-likeness (QED) is 0.565. The van der Waals surface area contributed by atoms with E-state index in [0.717, 1.165) is 15.6 Å². The van der Waals surface area contributed by atoms with Crippen LogP contribution < -0.4 is 5.32 Å². The number of thiazole rings is 1. The number of nitrogens with one attached hydrogen (secondary N) is 1. The first kappa shape index (κ1) is 19.2. The van der Waals surface area contributed by atoms with Gasteiger partial charge in [0, 0.05) is 28.1 Å². The summed E-state index contributed by atoms with van der Waals surface area (Å²) in [6.07, 6.45) is 0.200. The van der Waals surface area contributed by atoms with Crippen molar-refractivity contribution in [3.8, 4) is 0 Å². The van der Waals surface area contributed by atoms with Gasteiger partial charge < -0.3 is 9.73 Å². The second-order valence-electron chi connectivity index (χ2n) is 5.30. The molecule has 136 valence electrons. The van der Waals surface area contributed by atoms with E-state index in [4.69, 9.17) is 27.6 Å². The van der Waals surface area contributed by atoms with E-state index in [2.05, 4.69) is 20.5 Å². The predicted octanol–water partition coefficient (Wildman–Crippen LogP) is 4.29. The van der Waals surface area contributed by atoms with Crippen LogP contribution in [0.2, 0.25) is 10.0 Å². The Morgan fingerprint density at radius 3 is 2.92 bits per heavy atom. The largest absolute Gasteiger partial charge is 0.424 e. The molecule has 0 saturated heterocycles. The number of rotatable bonds is 7. The van der Waals surface area contributed by atoms with Crippen LogP contribution in [0.1, 0.15) is 23.0 Å². The summed E-state index contributed by atoms with van der Waals surface area (Å²) >= 11 is 15.1. The van der Waals surface area contributed by atoms with Gasteiger partial charge in [-0.25, -0.2) is 4.98 Å². The molecule has 0 fully saturated rings. The fourth-order valence-electron chi connectivity index (χ4n) is 2.02. The average Bonchev–Trinajstić information content (AvgIpc) is 3.21. The van der Waals surface area contributed by atoms with E-state index < -0.39 is 0 Å². The minimum Gasteiger partial charge on any atom is -0.424 e. The molecule has 0 spiro atoms. The average molecular weight is 429 g/mol. The summed E-state index contributed by atoms with van der Waals surface area (Å²) in [4.78, 5) is 16.5. The maximum atomic E-state index is 12.0. The van der Waals surface area contributed by atoms with E-state index in [0.29, 0.717) is 27.6 Å². The molecule has 0 unspecified atom stereocenters. The van der Waals surface area contributed by atoms with Gasteiger partial charge >= 0.3 is 0 Å². The van der Waals surface area contributed by atoms with Gasteiger partial charge in [-0.3, -0.25) is 4.79 Å². The van der Waals surface area contributed by atoms with Crippen LogP contribution in [0.3, 0.4) is 0 Å². The summed E-state index contributed by atoms with van der Waals surface area (Å²) in [5.74, 6) is 1.39. The molecule has 1 N–H and O–H groups in total. The molecule has 0 radical (unpaired) electrons. The van der Waals surface area contributed by atoms with Crippen molar-refractivity contribution in [3.63, 3.8) is 0 Å². The minimum atomic E-state index is -0.150. The number of thioether (sulfide) groups is 1. The Hall–Kier alpha value is -1.61. The van der Waals surface area contributed by atoms with Gasteiger partial charge in [0.15, 0.2) is 0 Å². The molecule has 2 aromatic heterocycles. The number of benzene rings is 1. The molecule has 2 heterocycles. The van der Waals surface area contributed by atoms with Crippen LogP contribution in [-0.4, -0.2) is 21.1 Å². The lowest BCUT2D eigenvalue weighted by Crippen LogP contribution is -2.24. The standard InChI is InChI=1S/C16H14Cl2N4O2S2/c1-9-21-22-15(24-9)6-19-14(23)5-12-8-26-16(20-12)25-7-10-2-3-11(17)4-13(10)18/h2-4,8H,5-7H2,1H3,(H,19,23). The maximum Gasteiger partial charge on any atom is 0.235 e. The molecule has 6 nitrogen and oxygen atoms in total. The number of nitrogens with zero attached hydrogens (tertiary/aromatic N) is 3. The molecule has 1 aromatic carbocycles. The number of halogens is 2. The lowest BCUT2D eigenvalue weighted by atomic mass is 10.2. The number of hydrogen-bond donors (Lipinski definition) is 1. The smallest absolute Gasteiger partial charge is 0.235 e. The third-order valence-electron chi connectivity index (χ3n) is 3.24. The highest BCUT2D eigenvalue weighted by Crippen LogP contribution is 2.30. The third-order valence-corrected chi connectivity index (χ3v) is 5.95. The first-order valence-electron chi connectivity index (χ1n) is 7.56. The van der Waals surface area contributed by atoms with Crippen molar-refractivity contribution in [1.29, 1.82) is 0 Å². The summed E-state index contributed by atoms with van der Waals surface area (Å²) in [7, 11) is 0. The molecular formula is C16H14Cl2N4O2S2. The molecular weight excluding hydrogens is 415 g/mol. The van der Waals surface area contributed by atoms with Crippen molar-refractivity contribution in [3.05, 3.63) is 56.7 Å². The Balaban J connectivity index is 1.48. The Labute approximate surface area is 168 Å². The maximum absolute atomic E-state index is 12.0. The molecule has 0 aliphatic carbocycles. The van der Waals surface area contributed by atoms with E-state index in [1.54, 1.807) is 24.8 Å². The fourth-order valence-corrected chi connectivity index (χ4v) is 4.43. The molecule has 0 aliphatic rings. The van der Waals surface area contributed by atoms with Crippen LogP contribution in [0.5, 0.6) is 0 Å². The van der Waals surface area contributed by atoms with Crippen LogP contribution >= 0.6 is 46.3 Å². The van der Waals surface area contributed by atoms with Crippen molar-refractivity contribution in [2.75, 3.05) is 0 Å². The molecule has 3 aromatic rings. The zero-order valence-corrected chi connectivity index (χ0v) is 16.8. The zero-order chi connectivity index (χ0) is 18.5. The van der Waals surface area contributed by atoms with Crippen molar-refractivity contribution >= 4 is 52.2 Å². The first-order chi connectivity index (χ1) is 12.5. The van der Waals surface area contributed by atoms with Crippen molar-refractivity contribution in [2.45, 2.75) is 30.0 Å². The highest BCUT2D eigenvalue weighted by atomic mass is 35.5. The van der Waals surface area contributed by atoms with Gasteiger partial charge in [0.25, 0.3) is 0 Å². The van der Waals surface area contributed by atoms with Gasteiger partial charge in [-0.15, -0.1) is 21.5 Å². The summed E-state index contributed by atoms with van der Waals surface area (Å²) < 4.78 is 6.09. The lowest BCUT2D eigenvalue weighted by Gasteiger charge is -2.03. The monoisotopic (exact) mass is 428 g/mol. The Morgan fingerprint density at radius 1 is 1.35 bits per heavy atom. The van der Waals surface area contributed by atoms with Crippen molar-refractivity contribution in [1.82, 2.24) is 20.5 Å². The zero-order valence-electron chi connectivity index (χ0n) is 13.7. The SMILES string of the molecule is Cc1nnc(CNC(=O)Cc2csc(SCc3ccc(Cl)cc3Cl)n2)o1. The van der Waals surface area contributed by atoms with E-state index in [9.17, 15) is 4.79 Å². The number of amides is 1. The summed E-state index contributed by atoms with van der Waals surface area (Å²) in [5, 5.41) is 13.4. The Bertz CT molecular complexity index is 913. The molecule has 0 atom stereocenters. The van der Waals surface area contributed by atoms with Crippen LogP contribution in [0.15, 0.2) is 32.3 Å². The number of aromatic nitrogens is 3. The fraction of sp³-hybridized carbons (Fsp3) is 0.250. The van der Waals surface area contributed by atoms with Crippen LogP contribution in [-0.2, 0) is 23.5 Å². The predicted molar refractivity (Wildman–Crippen MR) is 103 cm³/mol. The number of carbonyl (C=O) groups excluding carboxylic acids is 1. The molecule has 0 bridgehead atoms. The third kappa shape index (κ3) is 5.44. The first-order valence-corrected chi connectivity index (χ1v) is 10.2. The minimum absolute atomic E-state index is 0.150. The summed E-state index contributed by atoms with van der Waals surface area (Å²) in [6.45, 7) is 1.91. The Morgan fingerprint density at radius 2 is 2.19 bits per heavy atom. The van der Waals surface area contributed by atoms with Crippen LogP contribution in [0, 0.1) is 6.92 Å². The number of carbonyl (C=O) groups is 1. The molecule has 26 heavy (non-hydrogen) atoms. The molecule has 10 heteroatoms. The van der Waals surface area contributed by atoms with Gasteiger partial charge in [0.05, 0.1) is 18.7 Å². The van der Waals surface area contributed by atoms with Gasteiger partial charge in [-0.05, 0) is 17.7 Å². The highest BCUT2D eigenvalue weighted by Gasteiger charge is 2.11. The second kappa shape index (κ2) is 8.85. The number of aryl methyl sites for hydroxylation is 1. The summed E-state index contributed by atoms with van der Waals surface area (Å²) in [6, 6.07) is 5.44. The van der Waals surface area contributed by atoms with Crippen molar-refractivity contribution < 1.29 is 9.21 Å². The van der Waals surface area contributed by atoms with Gasteiger partial charge in [-0.1, -0.05) is 41.0 Å². The highest BCUT2D eigenvalue weighted by molar-refractivity contribution is 8.00. The van der Waals surface area contributed by atoms with E-state index >= 15 is 0 Å². The molecule has 0 saturated carbocycles. The van der Waals surface area contributed by atoms with Gasteiger partial charge in [0.1, 0.15) is 4.34 Å². The van der Waals surface area contributed by atoms with Crippen LogP contribution in [0.25, 0.3) is 0 Å². The molecule has 1 amide bonds. The van der Waals surface area contributed by atoms with E-state index in [1.165, 1.54) is 11.3 Å². The van der Waals surface area contributed by atoms with Crippen molar-refractivity contribution in [2.24, 2.45) is 0 Å². The van der Waals surface area contributed by atoms with Gasteiger partial charge in [-0.2, -0.15) is 0 Å². The number of hydrogen-bond acceptors (Lipinski definition) is 7.